The van der Waals surface area contributed by atoms with Crippen molar-refractivity contribution in [3.8, 4) is 12.3 Å². The highest BCUT2D eigenvalue weighted by atomic mass is 16.5. The fraction of sp³-hybridized carbons (Fsp3) is 0.214. The zero-order valence-electron chi connectivity index (χ0n) is 10.6. The lowest BCUT2D eigenvalue weighted by Gasteiger charge is -2.08. The largest absolute Gasteiger partial charge is 0.462 e. The van der Waals surface area contributed by atoms with Crippen LogP contribution in [0.2, 0.25) is 0 Å². The van der Waals surface area contributed by atoms with Crippen molar-refractivity contribution in [1.82, 2.24) is 9.55 Å². The Bertz CT molecular complexity index is 754. The second-order valence-electron chi connectivity index (χ2n) is 3.91. The van der Waals surface area contributed by atoms with Crippen LogP contribution in [0, 0.1) is 12.3 Å². The van der Waals surface area contributed by atoms with Crippen molar-refractivity contribution in [2.75, 3.05) is 6.61 Å². The van der Waals surface area contributed by atoms with Gasteiger partial charge >= 0.3 is 5.97 Å². The van der Waals surface area contributed by atoms with E-state index in [1.54, 1.807) is 30.7 Å². The average molecular weight is 256 g/mol. The number of hydrogen-bond donors (Lipinski definition) is 0. The van der Waals surface area contributed by atoms with Crippen LogP contribution < -0.4 is 5.43 Å². The van der Waals surface area contributed by atoms with Crippen molar-refractivity contribution in [3.05, 3.63) is 39.8 Å². The maximum absolute atomic E-state index is 12.2. The number of esters is 1. The first-order chi connectivity index (χ1) is 9.08. The van der Waals surface area contributed by atoms with Gasteiger partial charge in [-0.1, -0.05) is 5.92 Å². The highest BCUT2D eigenvalue weighted by Crippen LogP contribution is 2.10. The molecule has 0 unspecified atom stereocenters. The van der Waals surface area contributed by atoms with Gasteiger partial charge in [0.25, 0.3) is 0 Å². The molecule has 5 nitrogen and oxygen atoms in total. The van der Waals surface area contributed by atoms with Gasteiger partial charge in [0.15, 0.2) is 0 Å². The molecule has 0 aliphatic carbocycles. The van der Waals surface area contributed by atoms with E-state index in [1.165, 1.54) is 6.20 Å². The number of nitrogens with zero attached hydrogens (tertiary/aromatic N) is 2. The molecule has 0 spiro atoms. The van der Waals surface area contributed by atoms with Crippen LogP contribution in [-0.2, 0) is 11.8 Å². The second-order valence-corrected chi connectivity index (χ2v) is 3.91. The molecule has 0 amide bonds. The molecule has 0 aliphatic heterocycles. The minimum atomic E-state index is -0.655. The first-order valence-corrected chi connectivity index (χ1v) is 5.72. The molecule has 0 saturated heterocycles. The van der Waals surface area contributed by atoms with Crippen molar-refractivity contribution in [2.24, 2.45) is 7.05 Å². The zero-order valence-corrected chi connectivity index (χ0v) is 10.6. The topological polar surface area (TPSA) is 61.2 Å². The fourth-order valence-electron chi connectivity index (χ4n) is 1.79. The van der Waals surface area contributed by atoms with Gasteiger partial charge in [-0.05, 0) is 19.1 Å². The molecule has 2 aromatic rings. The Morgan fingerprint density at radius 3 is 2.89 bits per heavy atom. The fourth-order valence-corrected chi connectivity index (χ4v) is 1.79. The maximum Gasteiger partial charge on any atom is 0.343 e. The predicted octanol–water partition coefficient (Wildman–Crippen LogP) is 1.09. The Labute approximate surface area is 109 Å². The van der Waals surface area contributed by atoms with Gasteiger partial charge in [0.05, 0.1) is 12.1 Å². The summed E-state index contributed by atoms with van der Waals surface area (Å²) >= 11 is 0. The highest BCUT2D eigenvalue weighted by Gasteiger charge is 2.16. The minimum absolute atomic E-state index is 0.0430. The monoisotopic (exact) mass is 256 g/mol. The van der Waals surface area contributed by atoms with Crippen LogP contribution in [0.1, 0.15) is 23.0 Å². The molecule has 2 rings (SSSR count). The molecular weight excluding hydrogens is 244 g/mol. The molecule has 96 valence electrons. The summed E-state index contributed by atoms with van der Waals surface area (Å²) in [6.45, 7) is 1.88. The normalized spacial score (nSPS) is 10.2. The average Bonchev–Trinajstić information content (AvgIpc) is 2.42. The van der Waals surface area contributed by atoms with E-state index in [1.807, 2.05) is 0 Å². The molecule has 0 fully saturated rings. The van der Waals surface area contributed by atoms with Gasteiger partial charge in [0.1, 0.15) is 16.8 Å². The zero-order chi connectivity index (χ0) is 14.0. The van der Waals surface area contributed by atoms with Gasteiger partial charge in [0, 0.05) is 13.2 Å². The Balaban J connectivity index is 2.77. The number of aromatic nitrogens is 2. The molecule has 0 aliphatic rings. The number of aryl methyl sites for hydroxylation is 1. The third kappa shape index (κ3) is 2.20. The summed E-state index contributed by atoms with van der Waals surface area (Å²) in [4.78, 5) is 28.0. The summed E-state index contributed by atoms with van der Waals surface area (Å²) < 4.78 is 6.50. The summed E-state index contributed by atoms with van der Waals surface area (Å²) in [5.74, 6) is 1.71. The minimum Gasteiger partial charge on any atom is -0.462 e. The molecule has 19 heavy (non-hydrogen) atoms. The van der Waals surface area contributed by atoms with Crippen LogP contribution in [0.15, 0.2) is 23.1 Å². The van der Waals surface area contributed by atoms with Crippen molar-refractivity contribution >= 4 is 17.0 Å². The summed E-state index contributed by atoms with van der Waals surface area (Å²) in [7, 11) is 1.72. The quantitative estimate of drug-likeness (QED) is 0.596. The predicted molar refractivity (Wildman–Crippen MR) is 70.9 cm³/mol. The maximum atomic E-state index is 12.2. The number of hydrogen-bond acceptors (Lipinski definition) is 4. The Kier molecular flexibility index (Phi) is 3.34. The van der Waals surface area contributed by atoms with Gasteiger partial charge in [-0.15, -0.1) is 6.42 Å². The molecule has 0 bridgehead atoms. The van der Waals surface area contributed by atoms with Crippen LogP contribution in [-0.4, -0.2) is 22.1 Å². The molecule has 0 atom stereocenters. The van der Waals surface area contributed by atoms with E-state index in [-0.39, 0.29) is 17.7 Å². The molecule has 2 heterocycles. The first-order valence-electron chi connectivity index (χ1n) is 5.72. The summed E-state index contributed by atoms with van der Waals surface area (Å²) in [5.41, 5.74) is 0.619. The second kappa shape index (κ2) is 4.94. The molecule has 0 N–H and O–H groups in total. The van der Waals surface area contributed by atoms with E-state index in [4.69, 9.17) is 11.2 Å². The van der Waals surface area contributed by atoms with Crippen molar-refractivity contribution < 1.29 is 9.53 Å². The van der Waals surface area contributed by atoms with Crippen LogP contribution in [0.5, 0.6) is 0 Å². The number of carbonyl (C=O) groups is 1. The number of ether oxygens (including phenoxy) is 1. The van der Waals surface area contributed by atoms with E-state index in [9.17, 15) is 9.59 Å². The molecule has 5 heteroatoms. The van der Waals surface area contributed by atoms with Crippen molar-refractivity contribution in [3.63, 3.8) is 0 Å². The number of carbonyl (C=O) groups excluding carboxylic acids is 1. The number of fused-ring (bicyclic) bond motifs is 1. The standard InChI is InChI=1S/C14H12N2O3/c1-4-9-6-7-11-12(15-9)13(17)10(8-16(11)3)14(18)19-5-2/h1,6-8H,5H2,2-3H3. The molecular formula is C14H12N2O3. The number of pyridine rings is 2. The summed E-state index contributed by atoms with van der Waals surface area (Å²) in [5, 5.41) is 0. The van der Waals surface area contributed by atoms with Crippen molar-refractivity contribution in [1.29, 1.82) is 0 Å². The molecule has 2 aromatic heterocycles. The van der Waals surface area contributed by atoms with E-state index < -0.39 is 11.4 Å². The van der Waals surface area contributed by atoms with Gasteiger partial charge in [-0.25, -0.2) is 9.78 Å². The van der Waals surface area contributed by atoms with E-state index in [0.717, 1.165) is 0 Å². The van der Waals surface area contributed by atoms with Gasteiger partial charge < -0.3 is 9.30 Å². The smallest absolute Gasteiger partial charge is 0.343 e. The molecule has 0 radical (unpaired) electrons. The summed E-state index contributed by atoms with van der Waals surface area (Å²) in [6, 6.07) is 3.35. The van der Waals surface area contributed by atoms with E-state index >= 15 is 0 Å². The first kappa shape index (κ1) is 12.8. The van der Waals surface area contributed by atoms with Crippen LogP contribution in [0.3, 0.4) is 0 Å². The lowest BCUT2D eigenvalue weighted by molar-refractivity contribution is 0.0524. The molecule has 0 saturated carbocycles. The Hall–Kier alpha value is -2.61. The number of terminal acetylenes is 1. The van der Waals surface area contributed by atoms with Crippen molar-refractivity contribution in [2.45, 2.75) is 6.92 Å². The van der Waals surface area contributed by atoms with Crippen LogP contribution >= 0.6 is 0 Å². The molecule has 0 aromatic carbocycles. The summed E-state index contributed by atoms with van der Waals surface area (Å²) in [6.07, 6.45) is 6.71. The lowest BCUT2D eigenvalue weighted by Crippen LogP contribution is -2.21. The van der Waals surface area contributed by atoms with Gasteiger partial charge in [-0.2, -0.15) is 0 Å². The Morgan fingerprint density at radius 1 is 1.53 bits per heavy atom. The number of rotatable bonds is 2. The highest BCUT2D eigenvalue weighted by molar-refractivity contribution is 5.92. The van der Waals surface area contributed by atoms with Gasteiger partial charge in [0.2, 0.25) is 5.43 Å². The van der Waals surface area contributed by atoms with Gasteiger partial charge in [-0.3, -0.25) is 4.79 Å². The Morgan fingerprint density at radius 2 is 2.26 bits per heavy atom. The lowest BCUT2D eigenvalue weighted by atomic mass is 10.2. The van der Waals surface area contributed by atoms with E-state index in [0.29, 0.717) is 11.2 Å². The third-order valence-corrected chi connectivity index (χ3v) is 2.68. The third-order valence-electron chi connectivity index (χ3n) is 2.68. The SMILES string of the molecule is C#Cc1ccc2c(n1)c(=O)c(C(=O)OCC)cn2C. The van der Waals surface area contributed by atoms with Crippen LogP contribution in [0.25, 0.3) is 11.0 Å². The van der Waals surface area contributed by atoms with E-state index in [2.05, 4.69) is 10.9 Å². The van der Waals surface area contributed by atoms with Crippen LogP contribution in [0.4, 0.5) is 0 Å².